The molecule has 13 heteroatoms. The van der Waals surface area contributed by atoms with Crippen molar-refractivity contribution in [1.82, 2.24) is 0 Å². The van der Waals surface area contributed by atoms with Crippen LogP contribution in [0.5, 0.6) is 0 Å². The molecule has 378 valence electrons. The standard InChI is InChI=1S/C52H99NO9Si3/c1-26-27-28-35(3)45(59-49(53)57)40(8)46(61-64(22,23)51(13,14)15)38(6)32-34(2)31-37(5)44(60-63(20,21)50(10,11)12)36(4)29-30-42(54)33-43(55)39(7)47(41(9)48(56)58-19)62-65(24,25)52(16,17)18/h26-31,35-42,44-47,54H,1,32-33H2,2-25H3,(H2,53,57)/b28-27-,30-29-,34-31-/t35-,36-,37-,38-,39-,40+,41+,42+,44-,45-,46+,47-/m0/s1. The number of amides is 1. The average molecular weight is 967 g/mol. The van der Waals surface area contributed by atoms with Gasteiger partial charge in [-0.3, -0.25) is 9.59 Å². The van der Waals surface area contributed by atoms with E-state index < -0.39 is 67.2 Å². The quantitative estimate of drug-likeness (QED) is 0.0375. The van der Waals surface area contributed by atoms with Crippen LogP contribution in [0.25, 0.3) is 0 Å². The highest BCUT2D eigenvalue weighted by Gasteiger charge is 2.46. The summed E-state index contributed by atoms with van der Waals surface area (Å²) in [5.74, 6) is -2.25. The molecule has 0 spiro atoms. The molecular formula is C52H99NO9Si3. The predicted molar refractivity (Wildman–Crippen MR) is 279 cm³/mol. The van der Waals surface area contributed by atoms with Gasteiger partial charge in [-0.05, 0) is 92.4 Å². The van der Waals surface area contributed by atoms with Gasteiger partial charge in [0.25, 0.3) is 0 Å². The lowest BCUT2D eigenvalue weighted by atomic mass is 9.81. The fourth-order valence-electron chi connectivity index (χ4n) is 7.61. The van der Waals surface area contributed by atoms with E-state index in [0.717, 1.165) is 6.42 Å². The van der Waals surface area contributed by atoms with Crippen LogP contribution in [-0.4, -0.2) is 85.5 Å². The number of carbonyl (C=O) groups excluding carboxylic acids is 3. The lowest BCUT2D eigenvalue weighted by Gasteiger charge is -2.45. The molecule has 0 fully saturated rings. The first-order chi connectivity index (χ1) is 29.2. The van der Waals surface area contributed by atoms with E-state index in [0.29, 0.717) is 0 Å². The van der Waals surface area contributed by atoms with E-state index in [1.807, 2.05) is 25.2 Å². The maximum atomic E-state index is 13.8. The van der Waals surface area contributed by atoms with Gasteiger partial charge in [-0.15, -0.1) is 0 Å². The molecule has 65 heavy (non-hydrogen) atoms. The summed E-state index contributed by atoms with van der Waals surface area (Å²) in [7, 11) is -5.58. The fourth-order valence-corrected chi connectivity index (χ4v) is 12.0. The number of primary amides is 1. The first-order valence-electron chi connectivity index (χ1n) is 24.1. The molecule has 0 aliphatic heterocycles. The van der Waals surface area contributed by atoms with Gasteiger partial charge < -0.3 is 33.6 Å². The Bertz CT molecular complexity index is 1620. The Morgan fingerprint density at radius 1 is 0.631 bits per heavy atom. The Balaban J connectivity index is 6.89. The second-order valence-corrected chi connectivity index (χ2v) is 38.2. The zero-order valence-corrected chi connectivity index (χ0v) is 48.8. The molecule has 0 saturated carbocycles. The van der Waals surface area contributed by atoms with Crippen LogP contribution in [0.3, 0.4) is 0 Å². The molecule has 0 saturated heterocycles. The number of hydrogen-bond donors (Lipinski definition) is 2. The zero-order valence-electron chi connectivity index (χ0n) is 45.8. The highest BCUT2D eigenvalue weighted by Crippen LogP contribution is 2.43. The molecule has 0 unspecified atom stereocenters. The number of methoxy groups -OCH3 is 1. The van der Waals surface area contributed by atoms with Gasteiger partial charge in [-0.1, -0.05) is 152 Å². The van der Waals surface area contributed by atoms with Crippen LogP contribution >= 0.6 is 0 Å². The van der Waals surface area contributed by atoms with Gasteiger partial charge in [0.2, 0.25) is 0 Å². The summed E-state index contributed by atoms with van der Waals surface area (Å²) in [6.07, 6.45) is 8.74. The van der Waals surface area contributed by atoms with Gasteiger partial charge in [0, 0.05) is 24.2 Å². The van der Waals surface area contributed by atoms with Crippen molar-refractivity contribution in [1.29, 1.82) is 0 Å². The number of aliphatic hydroxyl groups excluding tert-OH is 1. The molecule has 0 aromatic carbocycles. The Kier molecular flexibility index (Phi) is 24.6. The second kappa shape index (κ2) is 25.5. The van der Waals surface area contributed by atoms with Gasteiger partial charge in [-0.2, -0.15) is 0 Å². The van der Waals surface area contributed by atoms with Crippen molar-refractivity contribution in [3.8, 4) is 0 Å². The van der Waals surface area contributed by atoms with Gasteiger partial charge in [-0.25, -0.2) is 4.79 Å². The average Bonchev–Trinajstić information content (AvgIpc) is 3.15. The van der Waals surface area contributed by atoms with Crippen molar-refractivity contribution in [2.75, 3.05) is 7.11 Å². The van der Waals surface area contributed by atoms with Crippen LogP contribution < -0.4 is 5.73 Å². The van der Waals surface area contributed by atoms with E-state index >= 15 is 0 Å². The van der Waals surface area contributed by atoms with Crippen LogP contribution in [0.15, 0.2) is 48.6 Å². The maximum Gasteiger partial charge on any atom is 0.404 e. The summed E-state index contributed by atoms with van der Waals surface area (Å²) >= 11 is 0. The molecule has 3 N–H and O–H groups in total. The number of Topliss-reactive ketones (excluding diaryl/α,β-unsaturated/α-hetero) is 1. The van der Waals surface area contributed by atoms with E-state index in [2.05, 4.69) is 149 Å². The zero-order chi connectivity index (χ0) is 51.4. The first-order valence-corrected chi connectivity index (χ1v) is 32.8. The lowest BCUT2D eigenvalue weighted by Crippen LogP contribution is -2.50. The number of carbonyl (C=O) groups is 3. The molecule has 0 radical (unpaired) electrons. The van der Waals surface area contributed by atoms with Gasteiger partial charge in [0.15, 0.2) is 25.0 Å². The predicted octanol–water partition coefficient (Wildman–Crippen LogP) is 13.2. The molecule has 0 rings (SSSR count). The summed E-state index contributed by atoms with van der Waals surface area (Å²) in [5, 5.41) is 11.1. The van der Waals surface area contributed by atoms with E-state index in [1.165, 1.54) is 12.7 Å². The number of rotatable bonds is 26. The van der Waals surface area contributed by atoms with E-state index in [-0.39, 0.29) is 69.1 Å². The fraction of sp³-hybridized carbons (Fsp3) is 0.788. The minimum atomic E-state index is -2.37. The van der Waals surface area contributed by atoms with E-state index in [9.17, 15) is 19.5 Å². The molecule has 12 atom stereocenters. The number of aliphatic hydroxyl groups is 1. The van der Waals surface area contributed by atoms with Gasteiger partial charge in [0.1, 0.15) is 11.9 Å². The second-order valence-electron chi connectivity index (χ2n) is 23.9. The Morgan fingerprint density at radius 3 is 1.48 bits per heavy atom. The number of hydrogen-bond acceptors (Lipinski definition) is 9. The first kappa shape index (κ1) is 62.9. The van der Waals surface area contributed by atoms with E-state index in [4.69, 9.17) is 28.5 Å². The number of ketones is 1. The van der Waals surface area contributed by atoms with Crippen molar-refractivity contribution >= 4 is 42.8 Å². The summed E-state index contributed by atoms with van der Waals surface area (Å²) in [6, 6.07) is 0. The van der Waals surface area contributed by atoms with Crippen molar-refractivity contribution < 1.29 is 42.2 Å². The molecule has 0 aliphatic rings. The molecule has 1 amide bonds. The smallest absolute Gasteiger partial charge is 0.404 e. The van der Waals surface area contributed by atoms with Crippen molar-refractivity contribution in [3.05, 3.63) is 48.6 Å². The minimum absolute atomic E-state index is 0.00462. The SMILES string of the molecule is C=C/C=C\[C@H](C)[C@H](OC(N)=O)[C@@H](C)[C@H](O[Si](C)(C)C(C)(C)C)[C@@H](C)C/C(C)=C\[C@H](C)[C@@H](O[Si](C)(C)C(C)(C)C)[C@@H](C)/C=C\[C@@H](O)CC(=O)[C@H](C)[C@H](O[Si](C)(C)C(C)(C)C)[C@@H](C)C(=O)OC. The number of allylic oxidation sites excluding steroid dienone is 3. The van der Waals surface area contributed by atoms with Crippen LogP contribution in [0.2, 0.25) is 54.4 Å². The van der Waals surface area contributed by atoms with E-state index in [1.54, 1.807) is 26.0 Å². The van der Waals surface area contributed by atoms with Crippen molar-refractivity contribution in [3.63, 3.8) is 0 Å². The van der Waals surface area contributed by atoms with Crippen molar-refractivity contribution in [2.24, 2.45) is 47.2 Å². The molecule has 0 heterocycles. The third-order valence-corrected chi connectivity index (χ3v) is 28.4. The third kappa shape index (κ3) is 19.4. The summed E-state index contributed by atoms with van der Waals surface area (Å²) < 4.78 is 32.1. The normalized spacial score (nSPS) is 19.6. The monoisotopic (exact) mass is 966 g/mol. The van der Waals surface area contributed by atoms with Gasteiger partial charge >= 0.3 is 12.1 Å². The Morgan fingerprint density at radius 2 is 1.06 bits per heavy atom. The minimum Gasteiger partial charge on any atom is -0.469 e. The topological polar surface area (TPSA) is 144 Å². The van der Waals surface area contributed by atoms with Crippen LogP contribution in [0, 0.1) is 41.4 Å². The van der Waals surface area contributed by atoms with Crippen molar-refractivity contribution in [2.45, 2.75) is 215 Å². The molecule has 0 aromatic heterocycles. The molecule has 10 nitrogen and oxygen atoms in total. The Labute approximate surface area is 401 Å². The maximum absolute atomic E-state index is 13.8. The number of nitrogens with two attached hydrogens (primary N) is 1. The highest BCUT2D eigenvalue weighted by atomic mass is 28.4. The van der Waals surface area contributed by atoms with Gasteiger partial charge in [0.05, 0.1) is 37.4 Å². The van der Waals surface area contributed by atoms with Crippen LogP contribution in [0.4, 0.5) is 4.79 Å². The molecule has 0 aliphatic carbocycles. The molecular weight excluding hydrogens is 867 g/mol. The number of esters is 1. The third-order valence-electron chi connectivity index (χ3n) is 15.0. The lowest BCUT2D eigenvalue weighted by molar-refractivity contribution is -0.150. The highest BCUT2D eigenvalue weighted by molar-refractivity contribution is 6.75. The Hall–Kier alpha value is -2.14. The molecule has 0 bridgehead atoms. The summed E-state index contributed by atoms with van der Waals surface area (Å²) in [6.45, 7) is 53.2. The van der Waals surface area contributed by atoms with Crippen LogP contribution in [0.1, 0.15) is 131 Å². The molecule has 0 aromatic rings. The number of ether oxygens (including phenoxy) is 2. The van der Waals surface area contributed by atoms with Crippen LogP contribution in [-0.2, 0) is 32.3 Å². The summed E-state index contributed by atoms with van der Waals surface area (Å²) in [4.78, 5) is 38.9. The summed E-state index contributed by atoms with van der Waals surface area (Å²) in [5.41, 5.74) is 6.85. The largest absolute Gasteiger partial charge is 0.469 e.